The van der Waals surface area contributed by atoms with Crippen molar-refractivity contribution in [2.75, 3.05) is 18.5 Å². The summed E-state index contributed by atoms with van der Waals surface area (Å²) in [5, 5.41) is 2.83. The van der Waals surface area contributed by atoms with Crippen molar-refractivity contribution < 1.29 is 14.3 Å². The minimum atomic E-state index is -0.204. The van der Waals surface area contributed by atoms with Crippen LogP contribution in [0.15, 0.2) is 41.1 Å². The Morgan fingerprint density at radius 2 is 1.80 bits per heavy atom. The number of rotatable bonds is 2. The summed E-state index contributed by atoms with van der Waals surface area (Å²) < 4.78 is 11.7. The van der Waals surface area contributed by atoms with E-state index >= 15 is 0 Å². The van der Waals surface area contributed by atoms with Crippen LogP contribution in [0.25, 0.3) is 0 Å². The predicted octanol–water partition coefficient (Wildman–Crippen LogP) is 2.87. The number of amides is 1. The largest absolute Gasteiger partial charge is 0.486 e. The summed E-state index contributed by atoms with van der Waals surface area (Å²) in [7, 11) is 0. The smallest absolute Gasteiger partial charge is 0.255 e. The van der Waals surface area contributed by atoms with Crippen LogP contribution in [0.1, 0.15) is 10.4 Å². The standard InChI is InChI=1S/C14H11BrN2O3/c15-10-7-12-13(20-6-5-19-12)8-11(10)17-14(18)9-1-3-16-4-2-9/h1-4,7-8H,5-6H2,(H,17,18). The van der Waals surface area contributed by atoms with Gasteiger partial charge >= 0.3 is 0 Å². The highest BCUT2D eigenvalue weighted by molar-refractivity contribution is 9.10. The van der Waals surface area contributed by atoms with Crippen molar-refractivity contribution >= 4 is 27.5 Å². The number of fused-ring (bicyclic) bond motifs is 1. The van der Waals surface area contributed by atoms with E-state index in [0.717, 1.165) is 4.47 Å². The van der Waals surface area contributed by atoms with Crippen LogP contribution in [0.4, 0.5) is 5.69 Å². The lowest BCUT2D eigenvalue weighted by Gasteiger charge is -2.20. The van der Waals surface area contributed by atoms with Crippen molar-refractivity contribution in [1.29, 1.82) is 0 Å². The highest BCUT2D eigenvalue weighted by Gasteiger charge is 2.16. The topological polar surface area (TPSA) is 60.5 Å². The highest BCUT2D eigenvalue weighted by atomic mass is 79.9. The molecule has 3 rings (SSSR count). The van der Waals surface area contributed by atoms with Crippen LogP contribution in [-0.2, 0) is 0 Å². The SMILES string of the molecule is O=C(Nc1cc2c(cc1Br)OCCO2)c1ccncc1. The van der Waals surface area contributed by atoms with Crippen molar-refractivity contribution in [2.24, 2.45) is 0 Å². The molecule has 1 amide bonds. The van der Waals surface area contributed by atoms with E-state index in [4.69, 9.17) is 9.47 Å². The summed E-state index contributed by atoms with van der Waals surface area (Å²) in [6.45, 7) is 1.04. The molecule has 0 unspecified atom stereocenters. The Balaban J connectivity index is 1.86. The minimum Gasteiger partial charge on any atom is -0.486 e. The van der Waals surface area contributed by atoms with Crippen molar-refractivity contribution in [2.45, 2.75) is 0 Å². The molecular weight excluding hydrogens is 324 g/mol. The first-order valence-corrected chi connectivity index (χ1v) is 6.84. The lowest BCUT2D eigenvalue weighted by molar-refractivity contribution is 0.102. The maximum absolute atomic E-state index is 12.1. The lowest BCUT2D eigenvalue weighted by atomic mass is 10.2. The second kappa shape index (κ2) is 5.50. The number of halogens is 1. The fourth-order valence-corrected chi connectivity index (χ4v) is 2.28. The maximum atomic E-state index is 12.1. The Morgan fingerprint density at radius 3 is 2.50 bits per heavy atom. The van der Waals surface area contributed by atoms with Gasteiger partial charge in [-0.2, -0.15) is 0 Å². The van der Waals surface area contributed by atoms with Crippen LogP contribution in [0.2, 0.25) is 0 Å². The number of benzene rings is 1. The molecule has 102 valence electrons. The molecule has 0 spiro atoms. The number of aromatic nitrogens is 1. The van der Waals surface area contributed by atoms with E-state index in [9.17, 15) is 4.79 Å². The number of ether oxygens (including phenoxy) is 2. The molecule has 1 aliphatic rings. The maximum Gasteiger partial charge on any atom is 0.255 e. The molecule has 0 saturated heterocycles. The van der Waals surface area contributed by atoms with Crippen molar-refractivity contribution in [1.82, 2.24) is 4.98 Å². The Kier molecular flexibility index (Phi) is 3.56. The van der Waals surface area contributed by atoms with Gasteiger partial charge in [0.1, 0.15) is 13.2 Å². The van der Waals surface area contributed by atoms with Gasteiger partial charge in [0.15, 0.2) is 11.5 Å². The quantitative estimate of drug-likeness (QED) is 0.917. The Hall–Kier alpha value is -2.08. The molecular formula is C14H11BrN2O3. The van der Waals surface area contributed by atoms with E-state index in [1.54, 1.807) is 36.7 Å². The molecule has 1 N–H and O–H groups in total. The first kappa shape index (κ1) is 12.9. The van der Waals surface area contributed by atoms with E-state index in [0.29, 0.717) is 36.0 Å². The van der Waals surface area contributed by atoms with E-state index in [1.807, 2.05) is 0 Å². The van der Waals surface area contributed by atoms with Crippen LogP contribution in [0, 0.1) is 0 Å². The van der Waals surface area contributed by atoms with Gasteiger partial charge in [-0.3, -0.25) is 9.78 Å². The zero-order valence-electron chi connectivity index (χ0n) is 10.4. The molecule has 20 heavy (non-hydrogen) atoms. The molecule has 0 fully saturated rings. The fraction of sp³-hybridized carbons (Fsp3) is 0.143. The van der Waals surface area contributed by atoms with Crippen molar-refractivity contribution in [3.8, 4) is 11.5 Å². The average Bonchev–Trinajstić information content (AvgIpc) is 2.49. The normalized spacial score (nSPS) is 12.8. The number of carbonyl (C=O) groups is 1. The number of hydrogen-bond acceptors (Lipinski definition) is 4. The molecule has 6 heteroatoms. The van der Waals surface area contributed by atoms with Crippen LogP contribution in [0.3, 0.4) is 0 Å². The van der Waals surface area contributed by atoms with Crippen molar-refractivity contribution in [3.63, 3.8) is 0 Å². The monoisotopic (exact) mass is 334 g/mol. The van der Waals surface area contributed by atoms with Gasteiger partial charge in [0.2, 0.25) is 0 Å². The molecule has 0 aliphatic carbocycles. The number of carbonyl (C=O) groups excluding carboxylic acids is 1. The summed E-state index contributed by atoms with van der Waals surface area (Å²) in [6, 6.07) is 6.84. The molecule has 5 nitrogen and oxygen atoms in total. The van der Waals surface area contributed by atoms with Gasteiger partial charge in [-0.15, -0.1) is 0 Å². The van der Waals surface area contributed by atoms with Gasteiger partial charge in [-0.25, -0.2) is 0 Å². The highest BCUT2D eigenvalue weighted by Crippen LogP contribution is 2.38. The summed E-state index contributed by atoms with van der Waals surface area (Å²) in [5.74, 6) is 1.10. The van der Waals surface area contributed by atoms with Gasteiger partial charge in [0, 0.05) is 34.6 Å². The first-order chi connectivity index (χ1) is 9.74. The second-order valence-electron chi connectivity index (χ2n) is 4.17. The summed E-state index contributed by atoms with van der Waals surface area (Å²) in [6.07, 6.45) is 3.15. The second-order valence-corrected chi connectivity index (χ2v) is 5.02. The number of hydrogen-bond donors (Lipinski definition) is 1. The number of nitrogens with one attached hydrogen (secondary N) is 1. The minimum absolute atomic E-state index is 0.204. The third-order valence-corrected chi connectivity index (χ3v) is 3.48. The lowest BCUT2D eigenvalue weighted by Crippen LogP contribution is -2.17. The molecule has 0 bridgehead atoms. The average molecular weight is 335 g/mol. The van der Waals surface area contributed by atoms with E-state index in [1.165, 1.54) is 0 Å². The van der Waals surface area contributed by atoms with Crippen LogP contribution < -0.4 is 14.8 Å². The summed E-state index contributed by atoms with van der Waals surface area (Å²) in [4.78, 5) is 16.0. The summed E-state index contributed by atoms with van der Waals surface area (Å²) in [5.41, 5.74) is 1.18. The molecule has 1 aromatic carbocycles. The zero-order chi connectivity index (χ0) is 13.9. The molecule has 0 saturated carbocycles. The zero-order valence-corrected chi connectivity index (χ0v) is 12.0. The number of nitrogens with zero attached hydrogens (tertiary/aromatic N) is 1. The van der Waals surface area contributed by atoms with Crippen LogP contribution in [-0.4, -0.2) is 24.1 Å². The number of pyridine rings is 1. The van der Waals surface area contributed by atoms with Crippen LogP contribution >= 0.6 is 15.9 Å². The van der Waals surface area contributed by atoms with Gasteiger partial charge in [-0.05, 0) is 28.1 Å². The third-order valence-electron chi connectivity index (χ3n) is 2.82. The van der Waals surface area contributed by atoms with E-state index in [-0.39, 0.29) is 5.91 Å². The molecule has 2 aromatic rings. The van der Waals surface area contributed by atoms with Gasteiger partial charge in [0.25, 0.3) is 5.91 Å². The van der Waals surface area contributed by atoms with Gasteiger partial charge < -0.3 is 14.8 Å². The van der Waals surface area contributed by atoms with Crippen LogP contribution in [0.5, 0.6) is 11.5 Å². The first-order valence-electron chi connectivity index (χ1n) is 6.04. The van der Waals surface area contributed by atoms with E-state index in [2.05, 4.69) is 26.2 Å². The van der Waals surface area contributed by atoms with Gasteiger partial charge in [-0.1, -0.05) is 0 Å². The van der Waals surface area contributed by atoms with Gasteiger partial charge in [0.05, 0.1) is 5.69 Å². The Labute approximate surface area is 124 Å². The predicted molar refractivity (Wildman–Crippen MR) is 77.3 cm³/mol. The molecule has 2 heterocycles. The van der Waals surface area contributed by atoms with E-state index < -0.39 is 0 Å². The Morgan fingerprint density at radius 1 is 1.15 bits per heavy atom. The molecule has 1 aromatic heterocycles. The molecule has 0 radical (unpaired) electrons. The molecule has 0 atom stereocenters. The third kappa shape index (κ3) is 2.60. The molecule has 1 aliphatic heterocycles. The Bertz CT molecular complexity index is 646. The number of anilines is 1. The fourth-order valence-electron chi connectivity index (χ4n) is 1.86. The van der Waals surface area contributed by atoms with Crippen molar-refractivity contribution in [3.05, 3.63) is 46.7 Å². The summed E-state index contributed by atoms with van der Waals surface area (Å²) >= 11 is 3.41.